The van der Waals surface area contributed by atoms with Gasteiger partial charge in [-0.1, -0.05) is 23.7 Å². The van der Waals surface area contributed by atoms with Crippen molar-refractivity contribution in [2.45, 2.75) is 17.7 Å². The molecule has 1 heterocycles. The van der Waals surface area contributed by atoms with Crippen molar-refractivity contribution in [2.75, 3.05) is 25.0 Å². The number of nitrogens with zero attached hydrogens (tertiary/aromatic N) is 2. The Morgan fingerprint density at radius 3 is 2.56 bits per heavy atom. The van der Waals surface area contributed by atoms with Crippen LogP contribution < -0.4 is 5.32 Å². The number of nitro benzene ring substituents is 1. The summed E-state index contributed by atoms with van der Waals surface area (Å²) in [6, 6.07) is 11.3. The van der Waals surface area contributed by atoms with Crippen molar-refractivity contribution in [1.82, 2.24) is 4.31 Å². The molecular weight excluding hydrogens is 462 g/mol. The second kappa shape index (κ2) is 10.1. The predicted molar refractivity (Wildman–Crippen MR) is 116 cm³/mol. The molecule has 1 aliphatic rings. The lowest BCUT2D eigenvalue weighted by Gasteiger charge is -2.30. The normalized spacial score (nSPS) is 16.8. The van der Waals surface area contributed by atoms with Gasteiger partial charge in [-0.05, 0) is 43.2 Å². The van der Waals surface area contributed by atoms with Crippen molar-refractivity contribution >= 4 is 44.9 Å². The molecule has 12 heteroatoms. The number of piperidine rings is 1. The average molecular weight is 482 g/mol. The van der Waals surface area contributed by atoms with Gasteiger partial charge >= 0.3 is 5.97 Å². The van der Waals surface area contributed by atoms with Crippen LogP contribution >= 0.6 is 11.6 Å². The number of halogens is 1. The first-order valence-corrected chi connectivity index (χ1v) is 11.5. The maximum atomic E-state index is 12.8. The van der Waals surface area contributed by atoms with Crippen LogP contribution in [0.4, 0.5) is 11.4 Å². The number of sulfonamides is 1. The summed E-state index contributed by atoms with van der Waals surface area (Å²) in [5.41, 5.74) is -0.307. The van der Waals surface area contributed by atoms with Gasteiger partial charge in [0.05, 0.1) is 15.7 Å². The van der Waals surface area contributed by atoms with Crippen molar-refractivity contribution in [3.8, 4) is 0 Å². The van der Waals surface area contributed by atoms with E-state index in [-0.39, 0.29) is 29.4 Å². The molecule has 32 heavy (non-hydrogen) atoms. The first kappa shape index (κ1) is 23.6. The molecule has 10 nitrogen and oxygen atoms in total. The van der Waals surface area contributed by atoms with E-state index in [1.165, 1.54) is 52.8 Å². The zero-order chi connectivity index (χ0) is 23.3. The number of carbonyl (C=O) groups excluding carboxylic acids is 2. The Hall–Kier alpha value is -3.02. The molecule has 2 aromatic rings. The largest absolute Gasteiger partial charge is 0.455 e. The molecule has 1 amide bonds. The number of hydrogen-bond donors (Lipinski definition) is 1. The highest BCUT2D eigenvalue weighted by atomic mass is 35.5. The molecule has 0 spiro atoms. The van der Waals surface area contributed by atoms with Gasteiger partial charge < -0.3 is 10.1 Å². The molecule has 1 N–H and O–H groups in total. The Morgan fingerprint density at radius 1 is 1.19 bits per heavy atom. The smallest absolute Gasteiger partial charge is 0.310 e. The maximum absolute atomic E-state index is 12.8. The number of amides is 1. The predicted octanol–water partition coefficient (Wildman–Crippen LogP) is 2.83. The van der Waals surface area contributed by atoms with Crippen LogP contribution in [-0.2, 0) is 24.3 Å². The van der Waals surface area contributed by atoms with E-state index in [4.69, 9.17) is 16.3 Å². The molecule has 1 fully saturated rings. The number of anilines is 1. The lowest BCUT2D eigenvalue weighted by atomic mass is 10.00. The zero-order valence-electron chi connectivity index (χ0n) is 16.8. The van der Waals surface area contributed by atoms with Gasteiger partial charge in [0.2, 0.25) is 10.0 Å². The van der Waals surface area contributed by atoms with Crippen molar-refractivity contribution in [1.29, 1.82) is 0 Å². The number of hydrogen-bond acceptors (Lipinski definition) is 7. The Labute approximate surface area is 189 Å². The number of para-hydroxylation sites is 2. The molecule has 0 bridgehead atoms. The summed E-state index contributed by atoms with van der Waals surface area (Å²) in [5.74, 6) is -2.18. The summed E-state index contributed by atoms with van der Waals surface area (Å²) < 4.78 is 31.9. The lowest BCUT2D eigenvalue weighted by molar-refractivity contribution is -0.383. The number of ether oxygens (including phenoxy) is 1. The molecule has 170 valence electrons. The van der Waals surface area contributed by atoms with Gasteiger partial charge in [-0.25, -0.2) is 8.42 Å². The van der Waals surface area contributed by atoms with E-state index in [2.05, 4.69) is 5.32 Å². The first-order valence-electron chi connectivity index (χ1n) is 9.64. The zero-order valence-corrected chi connectivity index (χ0v) is 18.3. The third kappa shape index (κ3) is 5.61. The highest BCUT2D eigenvalue weighted by molar-refractivity contribution is 7.89. The van der Waals surface area contributed by atoms with E-state index in [1.807, 2.05) is 0 Å². The fourth-order valence-electron chi connectivity index (χ4n) is 3.29. The number of benzene rings is 2. The number of nitrogens with one attached hydrogen (secondary N) is 1. The van der Waals surface area contributed by atoms with E-state index in [0.29, 0.717) is 17.9 Å². The summed E-state index contributed by atoms with van der Waals surface area (Å²) in [6.07, 6.45) is 0.867. The third-order valence-electron chi connectivity index (χ3n) is 4.89. The van der Waals surface area contributed by atoms with Gasteiger partial charge in [-0.15, -0.1) is 0 Å². The number of esters is 1. The van der Waals surface area contributed by atoms with Crippen LogP contribution in [-0.4, -0.2) is 49.2 Å². The third-order valence-corrected chi connectivity index (χ3v) is 7.02. The minimum atomic E-state index is -3.81. The fourth-order valence-corrected chi connectivity index (χ4v) is 4.94. The van der Waals surface area contributed by atoms with E-state index in [9.17, 15) is 28.1 Å². The van der Waals surface area contributed by atoms with Gasteiger partial charge in [-0.2, -0.15) is 4.31 Å². The number of carbonyl (C=O) groups is 2. The fraction of sp³-hybridized carbons (Fsp3) is 0.300. The van der Waals surface area contributed by atoms with Crippen LogP contribution in [0.25, 0.3) is 0 Å². The Morgan fingerprint density at radius 2 is 1.88 bits per heavy atom. The summed E-state index contributed by atoms with van der Waals surface area (Å²) in [5, 5.41) is 13.8. The number of nitro groups is 1. The van der Waals surface area contributed by atoms with Gasteiger partial charge in [0.15, 0.2) is 6.61 Å². The van der Waals surface area contributed by atoms with Gasteiger partial charge in [0.1, 0.15) is 5.69 Å². The first-order chi connectivity index (χ1) is 15.2. The minimum absolute atomic E-state index is 0.0172. The summed E-state index contributed by atoms with van der Waals surface area (Å²) in [4.78, 5) is 35.0. The molecule has 0 saturated carbocycles. The lowest BCUT2D eigenvalue weighted by Crippen LogP contribution is -2.43. The van der Waals surface area contributed by atoms with E-state index in [0.717, 1.165) is 0 Å². The topological polar surface area (TPSA) is 136 Å². The molecule has 1 saturated heterocycles. The minimum Gasteiger partial charge on any atom is -0.455 e. The van der Waals surface area contributed by atoms with Gasteiger partial charge in [0, 0.05) is 24.2 Å². The second-order valence-corrected chi connectivity index (χ2v) is 9.46. The molecule has 2 aromatic carbocycles. The molecule has 0 aromatic heterocycles. The SMILES string of the molecule is O=C(COC(=O)C1CCCN(S(=O)(=O)c2ccc(Cl)cc2)C1)Nc1ccccc1[N+](=O)[O-]. The molecule has 1 unspecified atom stereocenters. The highest BCUT2D eigenvalue weighted by Gasteiger charge is 2.34. The Kier molecular flexibility index (Phi) is 7.44. The summed E-state index contributed by atoms with van der Waals surface area (Å²) in [7, 11) is -3.81. The summed E-state index contributed by atoms with van der Waals surface area (Å²) in [6.45, 7) is -0.464. The van der Waals surface area contributed by atoms with Crippen LogP contribution in [0.2, 0.25) is 5.02 Å². The van der Waals surface area contributed by atoms with Gasteiger partial charge in [-0.3, -0.25) is 19.7 Å². The maximum Gasteiger partial charge on any atom is 0.310 e. The van der Waals surface area contributed by atoms with Crippen molar-refractivity contribution in [3.05, 3.63) is 63.7 Å². The van der Waals surface area contributed by atoms with Crippen molar-refractivity contribution in [2.24, 2.45) is 5.92 Å². The van der Waals surface area contributed by atoms with Crippen LogP contribution in [0.3, 0.4) is 0 Å². The van der Waals surface area contributed by atoms with Crippen LogP contribution in [0.5, 0.6) is 0 Å². The Bertz CT molecular complexity index is 1120. The molecule has 0 aliphatic carbocycles. The second-order valence-electron chi connectivity index (χ2n) is 7.09. The average Bonchev–Trinajstić information content (AvgIpc) is 2.78. The Balaban J connectivity index is 1.58. The molecule has 1 aliphatic heterocycles. The highest BCUT2D eigenvalue weighted by Crippen LogP contribution is 2.26. The van der Waals surface area contributed by atoms with Crippen LogP contribution in [0, 0.1) is 16.0 Å². The van der Waals surface area contributed by atoms with E-state index in [1.54, 1.807) is 0 Å². The van der Waals surface area contributed by atoms with Crippen molar-refractivity contribution in [3.63, 3.8) is 0 Å². The monoisotopic (exact) mass is 481 g/mol. The van der Waals surface area contributed by atoms with Crippen LogP contribution in [0.15, 0.2) is 53.4 Å². The molecular formula is C20H20ClN3O7S. The number of rotatable bonds is 7. The molecule has 1 atom stereocenters. The van der Waals surface area contributed by atoms with Gasteiger partial charge in [0.25, 0.3) is 11.6 Å². The summed E-state index contributed by atoms with van der Waals surface area (Å²) >= 11 is 5.81. The quantitative estimate of drug-likeness (QED) is 0.364. The standard InChI is InChI=1S/C20H20ClN3O7S/c21-15-7-9-16(10-8-15)32(29,30)23-11-3-4-14(12-23)20(26)31-13-19(25)22-17-5-1-2-6-18(17)24(27)28/h1-2,5-10,14H,3-4,11-13H2,(H,22,25). The van der Waals surface area contributed by atoms with E-state index >= 15 is 0 Å². The molecule has 0 radical (unpaired) electrons. The van der Waals surface area contributed by atoms with Crippen LogP contribution in [0.1, 0.15) is 12.8 Å². The van der Waals surface area contributed by atoms with E-state index < -0.39 is 39.3 Å². The molecule has 3 rings (SSSR count). The van der Waals surface area contributed by atoms with Crippen molar-refractivity contribution < 1.29 is 27.7 Å².